The highest BCUT2D eigenvalue weighted by molar-refractivity contribution is 5.68. The van der Waals surface area contributed by atoms with Crippen molar-refractivity contribution in [3.8, 4) is 11.1 Å². The minimum Gasteiger partial charge on any atom is -0.340 e. The first-order valence-electron chi connectivity index (χ1n) is 12.6. The van der Waals surface area contributed by atoms with E-state index in [1.807, 2.05) is 30.5 Å². The third kappa shape index (κ3) is 6.40. The summed E-state index contributed by atoms with van der Waals surface area (Å²) in [6, 6.07) is 13.8. The molecule has 33 heavy (non-hydrogen) atoms. The van der Waals surface area contributed by atoms with Crippen LogP contribution >= 0.6 is 0 Å². The van der Waals surface area contributed by atoms with Gasteiger partial charge in [-0.2, -0.15) is 0 Å². The van der Waals surface area contributed by atoms with E-state index in [-0.39, 0.29) is 5.82 Å². The summed E-state index contributed by atoms with van der Waals surface area (Å²) in [5.74, 6) is 1.70. The molecule has 0 amide bonds. The van der Waals surface area contributed by atoms with Crippen molar-refractivity contribution in [1.29, 1.82) is 0 Å². The van der Waals surface area contributed by atoms with Gasteiger partial charge in [-0.25, -0.2) is 9.37 Å². The van der Waals surface area contributed by atoms with E-state index in [9.17, 15) is 4.39 Å². The van der Waals surface area contributed by atoms with Gasteiger partial charge >= 0.3 is 0 Å². The molecule has 4 rings (SSSR count). The number of nitrogens with zero attached hydrogens (tertiary/aromatic N) is 2. The third-order valence-electron chi connectivity index (χ3n) is 6.93. The van der Waals surface area contributed by atoms with Crippen molar-refractivity contribution >= 4 is 11.5 Å². The first-order chi connectivity index (χ1) is 16.1. The molecule has 0 spiro atoms. The minimum absolute atomic E-state index is 0.116. The molecule has 3 nitrogen and oxygen atoms in total. The van der Waals surface area contributed by atoms with Gasteiger partial charge in [0.2, 0.25) is 0 Å². The smallest absolute Gasteiger partial charge is 0.130 e. The lowest BCUT2D eigenvalue weighted by molar-refractivity contribution is 0.342. The second-order valence-electron chi connectivity index (χ2n) is 9.60. The molecule has 3 aromatic rings. The molecule has 1 N–H and O–H groups in total. The molecule has 2 aromatic heterocycles. The molecule has 0 bridgehead atoms. The summed E-state index contributed by atoms with van der Waals surface area (Å²) in [6.07, 6.45) is 14.3. The van der Waals surface area contributed by atoms with Gasteiger partial charge in [0.25, 0.3) is 0 Å². The zero-order valence-corrected chi connectivity index (χ0v) is 20.0. The van der Waals surface area contributed by atoms with Gasteiger partial charge in [0.05, 0.1) is 0 Å². The summed E-state index contributed by atoms with van der Waals surface area (Å²) < 4.78 is 14.9. The molecule has 1 aromatic carbocycles. The minimum atomic E-state index is -0.116. The number of hydrogen-bond acceptors (Lipinski definition) is 3. The molecule has 0 unspecified atom stereocenters. The number of pyridine rings is 2. The molecule has 2 heterocycles. The van der Waals surface area contributed by atoms with E-state index in [4.69, 9.17) is 0 Å². The summed E-state index contributed by atoms with van der Waals surface area (Å²) in [5, 5.41) is 3.27. The van der Waals surface area contributed by atoms with Gasteiger partial charge < -0.3 is 5.32 Å². The number of halogens is 1. The molecule has 0 saturated heterocycles. The number of anilines is 2. The quantitative estimate of drug-likeness (QED) is 0.336. The predicted octanol–water partition coefficient (Wildman–Crippen LogP) is 8.44. The van der Waals surface area contributed by atoms with Gasteiger partial charge in [-0.1, -0.05) is 58.1 Å². The summed E-state index contributed by atoms with van der Waals surface area (Å²) in [7, 11) is 0. The molecule has 4 heteroatoms. The monoisotopic (exact) mass is 445 g/mol. The standard InChI is InChI=1S/C29H36FN3/c1-3-4-5-6-7-25-13-12-24(20-32-25)23-16-17-31-29(18-23)33-26-14-15-27(28(30)19-26)22-10-8-21(2)9-11-22/h12-22H,3-11H2,1-2H3,(H,31,33). The third-order valence-corrected chi connectivity index (χ3v) is 6.93. The van der Waals surface area contributed by atoms with Crippen molar-refractivity contribution in [1.82, 2.24) is 9.97 Å². The summed E-state index contributed by atoms with van der Waals surface area (Å²) in [6.45, 7) is 4.52. The van der Waals surface area contributed by atoms with Gasteiger partial charge in [-0.3, -0.25) is 4.98 Å². The molecule has 0 atom stereocenters. The van der Waals surface area contributed by atoms with Crippen LogP contribution in [-0.4, -0.2) is 9.97 Å². The highest BCUT2D eigenvalue weighted by Gasteiger charge is 2.22. The summed E-state index contributed by atoms with van der Waals surface area (Å²) in [4.78, 5) is 9.08. The van der Waals surface area contributed by atoms with Crippen LogP contribution in [0.5, 0.6) is 0 Å². The molecule has 1 saturated carbocycles. The fraction of sp³-hybridized carbons (Fsp3) is 0.448. The van der Waals surface area contributed by atoms with Crippen LogP contribution in [-0.2, 0) is 6.42 Å². The number of nitrogens with one attached hydrogen (secondary N) is 1. The predicted molar refractivity (Wildman–Crippen MR) is 135 cm³/mol. The highest BCUT2D eigenvalue weighted by atomic mass is 19.1. The number of benzene rings is 1. The van der Waals surface area contributed by atoms with E-state index < -0.39 is 0 Å². The van der Waals surface area contributed by atoms with Crippen LogP contribution in [0.4, 0.5) is 15.9 Å². The van der Waals surface area contributed by atoms with E-state index >= 15 is 0 Å². The van der Waals surface area contributed by atoms with E-state index in [1.165, 1.54) is 38.5 Å². The zero-order valence-electron chi connectivity index (χ0n) is 20.0. The van der Waals surface area contributed by atoms with Gasteiger partial charge in [-0.15, -0.1) is 0 Å². The van der Waals surface area contributed by atoms with Crippen LogP contribution in [0.1, 0.15) is 82.4 Å². The number of aryl methyl sites for hydroxylation is 1. The Hall–Kier alpha value is -2.75. The average Bonchev–Trinajstić information content (AvgIpc) is 2.83. The van der Waals surface area contributed by atoms with Crippen molar-refractivity contribution in [2.24, 2.45) is 5.92 Å². The molecule has 1 aliphatic rings. The van der Waals surface area contributed by atoms with Crippen molar-refractivity contribution in [3.63, 3.8) is 0 Å². The lowest BCUT2D eigenvalue weighted by Crippen LogP contribution is -2.12. The molecule has 1 fully saturated rings. The average molecular weight is 446 g/mol. The topological polar surface area (TPSA) is 37.8 Å². The van der Waals surface area contributed by atoms with Crippen molar-refractivity contribution in [3.05, 3.63) is 71.9 Å². The molecule has 174 valence electrons. The fourth-order valence-corrected chi connectivity index (χ4v) is 4.81. The number of unbranched alkanes of at least 4 members (excludes halogenated alkanes) is 3. The van der Waals surface area contributed by atoms with Crippen molar-refractivity contribution < 1.29 is 4.39 Å². The Morgan fingerprint density at radius 1 is 0.909 bits per heavy atom. The molecule has 1 aliphatic carbocycles. The Morgan fingerprint density at radius 3 is 2.48 bits per heavy atom. The van der Waals surface area contributed by atoms with E-state index in [0.29, 0.717) is 11.7 Å². The normalized spacial score (nSPS) is 18.3. The Bertz CT molecular complexity index is 1020. The van der Waals surface area contributed by atoms with Crippen molar-refractivity contribution in [2.75, 3.05) is 5.32 Å². The van der Waals surface area contributed by atoms with Crippen LogP contribution in [0.15, 0.2) is 54.9 Å². The van der Waals surface area contributed by atoms with Gasteiger partial charge in [-0.05, 0) is 79.0 Å². The lowest BCUT2D eigenvalue weighted by atomic mass is 9.79. The van der Waals surface area contributed by atoms with Crippen LogP contribution in [0.3, 0.4) is 0 Å². The van der Waals surface area contributed by atoms with Crippen LogP contribution < -0.4 is 5.32 Å². The Labute approximate surface area is 197 Å². The van der Waals surface area contributed by atoms with Crippen LogP contribution in [0.25, 0.3) is 11.1 Å². The van der Waals surface area contributed by atoms with Gasteiger partial charge in [0.15, 0.2) is 0 Å². The highest BCUT2D eigenvalue weighted by Crippen LogP contribution is 2.37. The van der Waals surface area contributed by atoms with Crippen LogP contribution in [0, 0.1) is 11.7 Å². The molecular weight excluding hydrogens is 409 g/mol. The summed E-state index contributed by atoms with van der Waals surface area (Å²) >= 11 is 0. The van der Waals surface area contributed by atoms with Crippen LogP contribution in [0.2, 0.25) is 0 Å². The fourth-order valence-electron chi connectivity index (χ4n) is 4.81. The SMILES string of the molecule is CCCCCCc1ccc(-c2ccnc(Nc3ccc(C4CCC(C)CC4)c(F)c3)c2)cn1. The van der Waals surface area contributed by atoms with Gasteiger partial charge in [0.1, 0.15) is 11.6 Å². The maximum absolute atomic E-state index is 14.9. The second kappa shape index (κ2) is 11.4. The molecule has 0 radical (unpaired) electrons. The Morgan fingerprint density at radius 2 is 1.76 bits per heavy atom. The zero-order chi connectivity index (χ0) is 23.0. The number of hydrogen-bond donors (Lipinski definition) is 1. The van der Waals surface area contributed by atoms with E-state index in [2.05, 4.69) is 41.3 Å². The first kappa shape index (κ1) is 23.4. The molecule has 0 aliphatic heterocycles. The maximum Gasteiger partial charge on any atom is 0.130 e. The Balaban J connectivity index is 1.40. The van der Waals surface area contributed by atoms with E-state index in [1.54, 1.807) is 12.3 Å². The molecular formula is C29H36FN3. The number of rotatable bonds is 9. The number of aromatic nitrogens is 2. The van der Waals surface area contributed by atoms with Crippen molar-refractivity contribution in [2.45, 2.75) is 77.6 Å². The van der Waals surface area contributed by atoms with E-state index in [0.717, 1.165) is 53.3 Å². The maximum atomic E-state index is 14.9. The van der Waals surface area contributed by atoms with Gasteiger partial charge in [0, 0.05) is 29.3 Å². The second-order valence-corrected chi connectivity index (χ2v) is 9.60. The lowest BCUT2D eigenvalue weighted by Gasteiger charge is -2.26. The summed E-state index contributed by atoms with van der Waals surface area (Å²) in [5.41, 5.74) is 4.84. The largest absolute Gasteiger partial charge is 0.340 e. The Kier molecular flexibility index (Phi) is 8.09. The first-order valence-corrected chi connectivity index (χ1v) is 12.6.